The molecule has 1 fully saturated rings. The SMILES string of the molecule is Cc1cccc(C)c1N1CCN(Cc2cccn2C)CC1. The number of aryl methyl sites for hydroxylation is 3. The summed E-state index contributed by atoms with van der Waals surface area (Å²) in [5, 5.41) is 0. The number of para-hydroxylation sites is 1. The molecule has 0 spiro atoms. The van der Waals surface area contributed by atoms with Crippen LogP contribution in [-0.4, -0.2) is 35.6 Å². The van der Waals surface area contributed by atoms with Gasteiger partial charge in [-0.05, 0) is 37.1 Å². The van der Waals surface area contributed by atoms with E-state index in [9.17, 15) is 0 Å². The lowest BCUT2D eigenvalue weighted by Gasteiger charge is -2.37. The summed E-state index contributed by atoms with van der Waals surface area (Å²) >= 11 is 0. The Bertz CT molecular complexity index is 586. The molecule has 21 heavy (non-hydrogen) atoms. The first-order valence-electron chi connectivity index (χ1n) is 7.79. The highest BCUT2D eigenvalue weighted by Crippen LogP contribution is 2.25. The molecule has 1 aliphatic rings. The first-order valence-corrected chi connectivity index (χ1v) is 7.79. The van der Waals surface area contributed by atoms with Gasteiger partial charge in [0.05, 0.1) is 0 Å². The predicted molar refractivity (Wildman–Crippen MR) is 88.8 cm³/mol. The zero-order valence-electron chi connectivity index (χ0n) is 13.3. The van der Waals surface area contributed by atoms with E-state index in [1.165, 1.54) is 22.5 Å². The molecule has 0 bridgehead atoms. The Morgan fingerprint density at radius 2 is 1.57 bits per heavy atom. The molecule has 0 saturated carbocycles. The lowest BCUT2D eigenvalue weighted by molar-refractivity contribution is 0.244. The van der Waals surface area contributed by atoms with Crippen molar-refractivity contribution < 1.29 is 0 Å². The van der Waals surface area contributed by atoms with Crippen LogP contribution < -0.4 is 4.90 Å². The third-order valence-electron chi connectivity index (χ3n) is 4.56. The second-order valence-corrected chi connectivity index (χ2v) is 6.11. The van der Waals surface area contributed by atoms with Gasteiger partial charge in [-0.25, -0.2) is 0 Å². The van der Waals surface area contributed by atoms with Gasteiger partial charge in [0.15, 0.2) is 0 Å². The summed E-state index contributed by atoms with van der Waals surface area (Å²) in [7, 11) is 2.13. The van der Waals surface area contributed by atoms with Gasteiger partial charge < -0.3 is 9.47 Å². The standard InChI is InChI=1S/C18H25N3/c1-15-6-4-7-16(2)18(15)21-12-10-20(11-13-21)14-17-8-5-9-19(17)3/h4-9H,10-14H2,1-3H3. The quantitative estimate of drug-likeness (QED) is 0.858. The molecule has 1 aromatic carbocycles. The molecule has 0 radical (unpaired) electrons. The van der Waals surface area contributed by atoms with Gasteiger partial charge >= 0.3 is 0 Å². The van der Waals surface area contributed by atoms with Crippen LogP contribution in [0.3, 0.4) is 0 Å². The van der Waals surface area contributed by atoms with E-state index in [2.05, 4.69) is 71.8 Å². The number of benzene rings is 1. The Labute approximate surface area is 127 Å². The number of rotatable bonds is 3. The molecule has 112 valence electrons. The lowest BCUT2D eigenvalue weighted by atomic mass is 10.1. The molecule has 0 N–H and O–H groups in total. The molecule has 3 nitrogen and oxygen atoms in total. The molecule has 1 aromatic heterocycles. The summed E-state index contributed by atoms with van der Waals surface area (Å²) in [5.41, 5.74) is 5.63. The number of anilines is 1. The first-order chi connectivity index (χ1) is 10.1. The Kier molecular flexibility index (Phi) is 4.02. The Hall–Kier alpha value is -1.74. The van der Waals surface area contributed by atoms with Gasteiger partial charge in [0.1, 0.15) is 0 Å². The van der Waals surface area contributed by atoms with E-state index in [1.54, 1.807) is 0 Å². The maximum Gasteiger partial charge on any atom is 0.0426 e. The van der Waals surface area contributed by atoms with E-state index < -0.39 is 0 Å². The normalized spacial score (nSPS) is 16.4. The van der Waals surface area contributed by atoms with Gasteiger partial charge in [0.25, 0.3) is 0 Å². The average molecular weight is 283 g/mol. The van der Waals surface area contributed by atoms with Crippen molar-refractivity contribution in [1.82, 2.24) is 9.47 Å². The largest absolute Gasteiger partial charge is 0.369 e. The van der Waals surface area contributed by atoms with E-state index >= 15 is 0 Å². The fraction of sp³-hybridized carbons (Fsp3) is 0.444. The van der Waals surface area contributed by atoms with Gasteiger partial charge in [-0.1, -0.05) is 18.2 Å². The van der Waals surface area contributed by atoms with Crippen molar-refractivity contribution in [3.63, 3.8) is 0 Å². The number of piperazine rings is 1. The van der Waals surface area contributed by atoms with E-state index in [1.807, 2.05) is 0 Å². The molecule has 1 aliphatic heterocycles. The molecule has 0 unspecified atom stereocenters. The van der Waals surface area contributed by atoms with E-state index in [-0.39, 0.29) is 0 Å². The Balaban J connectivity index is 1.64. The smallest absolute Gasteiger partial charge is 0.0426 e. The summed E-state index contributed by atoms with van der Waals surface area (Å²) < 4.78 is 2.22. The third kappa shape index (κ3) is 2.98. The van der Waals surface area contributed by atoms with E-state index in [4.69, 9.17) is 0 Å². The Morgan fingerprint density at radius 3 is 2.14 bits per heavy atom. The van der Waals surface area contributed by atoms with Crippen LogP contribution in [0.15, 0.2) is 36.5 Å². The third-order valence-corrected chi connectivity index (χ3v) is 4.56. The van der Waals surface area contributed by atoms with Crippen molar-refractivity contribution in [3.05, 3.63) is 53.3 Å². The Morgan fingerprint density at radius 1 is 0.905 bits per heavy atom. The van der Waals surface area contributed by atoms with Gasteiger partial charge in [-0.15, -0.1) is 0 Å². The summed E-state index contributed by atoms with van der Waals surface area (Å²) in [6.45, 7) is 10.0. The van der Waals surface area contributed by atoms with Crippen molar-refractivity contribution in [2.75, 3.05) is 31.1 Å². The van der Waals surface area contributed by atoms with Crippen molar-refractivity contribution in [2.24, 2.45) is 7.05 Å². The molecule has 0 aliphatic carbocycles. The van der Waals surface area contributed by atoms with Crippen molar-refractivity contribution in [2.45, 2.75) is 20.4 Å². The van der Waals surface area contributed by atoms with Crippen LogP contribution in [0.4, 0.5) is 5.69 Å². The topological polar surface area (TPSA) is 11.4 Å². The summed E-state index contributed by atoms with van der Waals surface area (Å²) in [6, 6.07) is 10.9. The monoisotopic (exact) mass is 283 g/mol. The minimum atomic E-state index is 1.06. The van der Waals surface area contributed by atoms with Crippen molar-refractivity contribution in [3.8, 4) is 0 Å². The number of hydrogen-bond donors (Lipinski definition) is 0. The van der Waals surface area contributed by atoms with Crippen LogP contribution in [0.2, 0.25) is 0 Å². The fourth-order valence-corrected chi connectivity index (χ4v) is 3.32. The van der Waals surface area contributed by atoms with Crippen molar-refractivity contribution in [1.29, 1.82) is 0 Å². The molecular formula is C18H25N3. The van der Waals surface area contributed by atoms with E-state index in [0.717, 1.165) is 32.7 Å². The maximum absolute atomic E-state index is 2.55. The summed E-state index contributed by atoms with van der Waals surface area (Å²) in [5.74, 6) is 0. The molecule has 2 aromatic rings. The van der Waals surface area contributed by atoms with Gasteiger partial charge in [0.2, 0.25) is 0 Å². The lowest BCUT2D eigenvalue weighted by Crippen LogP contribution is -2.46. The van der Waals surface area contributed by atoms with Gasteiger partial charge in [0, 0.05) is 57.3 Å². The highest BCUT2D eigenvalue weighted by Gasteiger charge is 2.20. The van der Waals surface area contributed by atoms with Crippen LogP contribution in [0.25, 0.3) is 0 Å². The predicted octanol–water partition coefficient (Wildman–Crippen LogP) is 2.96. The number of aromatic nitrogens is 1. The minimum absolute atomic E-state index is 1.06. The van der Waals surface area contributed by atoms with Gasteiger partial charge in [-0.2, -0.15) is 0 Å². The average Bonchev–Trinajstić information content (AvgIpc) is 2.86. The molecule has 0 atom stereocenters. The van der Waals surface area contributed by atoms with Crippen LogP contribution >= 0.6 is 0 Å². The molecular weight excluding hydrogens is 258 g/mol. The highest BCUT2D eigenvalue weighted by molar-refractivity contribution is 5.59. The molecule has 2 heterocycles. The number of hydrogen-bond acceptors (Lipinski definition) is 2. The van der Waals surface area contributed by atoms with Crippen LogP contribution in [0, 0.1) is 13.8 Å². The van der Waals surface area contributed by atoms with Crippen LogP contribution in [0.5, 0.6) is 0 Å². The summed E-state index contributed by atoms with van der Waals surface area (Å²) in [6.07, 6.45) is 2.13. The molecule has 3 rings (SSSR count). The van der Waals surface area contributed by atoms with Crippen molar-refractivity contribution >= 4 is 5.69 Å². The molecule has 3 heteroatoms. The summed E-state index contributed by atoms with van der Waals surface area (Å²) in [4.78, 5) is 5.10. The molecule has 1 saturated heterocycles. The minimum Gasteiger partial charge on any atom is -0.369 e. The fourth-order valence-electron chi connectivity index (χ4n) is 3.32. The second kappa shape index (κ2) is 5.94. The van der Waals surface area contributed by atoms with E-state index in [0.29, 0.717) is 0 Å². The molecule has 0 amide bonds. The maximum atomic E-state index is 2.55. The highest BCUT2D eigenvalue weighted by atomic mass is 15.3. The zero-order chi connectivity index (χ0) is 14.8. The van der Waals surface area contributed by atoms with Gasteiger partial charge in [-0.3, -0.25) is 4.90 Å². The first kappa shape index (κ1) is 14.2. The van der Waals surface area contributed by atoms with Crippen LogP contribution in [-0.2, 0) is 13.6 Å². The zero-order valence-corrected chi connectivity index (χ0v) is 13.3. The van der Waals surface area contributed by atoms with Crippen LogP contribution in [0.1, 0.15) is 16.8 Å². The number of nitrogens with zero attached hydrogens (tertiary/aromatic N) is 3. The second-order valence-electron chi connectivity index (χ2n) is 6.11.